The molecule has 0 aliphatic carbocycles. The molecular weight excluding hydrogens is 170 g/mol. The van der Waals surface area contributed by atoms with Crippen LogP contribution in [0.1, 0.15) is 41.5 Å². The highest BCUT2D eigenvalue weighted by molar-refractivity contribution is 5.54. The summed E-state index contributed by atoms with van der Waals surface area (Å²) in [5, 5.41) is 0. The van der Waals surface area contributed by atoms with Gasteiger partial charge in [-0.1, -0.05) is 41.5 Å². The van der Waals surface area contributed by atoms with Crippen molar-refractivity contribution >= 4 is 6.21 Å². The first-order chi connectivity index (χ1) is 6.41. The Labute approximate surface area is 89.5 Å². The highest BCUT2D eigenvalue weighted by Crippen LogP contribution is 1.99. The number of hydrogen-bond acceptors (Lipinski definition) is 0. The fourth-order valence-corrected chi connectivity index (χ4v) is 1.26. The minimum Gasteiger partial charge on any atom is -0.209 e. The van der Waals surface area contributed by atoms with Gasteiger partial charge in [-0.05, 0) is 12.0 Å². The molecule has 0 aromatic carbocycles. The maximum Gasteiger partial charge on any atom is 0.164 e. The lowest BCUT2D eigenvalue weighted by atomic mass is 10.2. The van der Waals surface area contributed by atoms with Crippen LogP contribution in [0.3, 0.4) is 0 Å². The van der Waals surface area contributed by atoms with E-state index in [2.05, 4.69) is 64.6 Å². The minimum atomic E-state index is 0.616. The second-order valence-corrected chi connectivity index (χ2v) is 5.07. The van der Waals surface area contributed by atoms with Gasteiger partial charge in [0.1, 0.15) is 12.8 Å². The highest BCUT2D eigenvalue weighted by Gasteiger charge is 2.05. The molecule has 1 heteroatoms. The first-order valence-electron chi connectivity index (χ1n) is 5.70. The van der Waals surface area contributed by atoms with Gasteiger partial charge < -0.3 is 0 Å². The molecule has 0 bridgehead atoms. The number of nitrogens with zero attached hydrogens (tertiary/aromatic N) is 1. The van der Waals surface area contributed by atoms with Gasteiger partial charge in [-0.3, -0.25) is 0 Å². The summed E-state index contributed by atoms with van der Waals surface area (Å²) in [5.74, 6) is 1.96. The molecule has 82 valence electrons. The lowest BCUT2D eigenvalue weighted by molar-refractivity contribution is -0.461. The molecule has 0 spiro atoms. The fourth-order valence-electron chi connectivity index (χ4n) is 1.26. The second-order valence-electron chi connectivity index (χ2n) is 5.07. The Kier molecular flexibility index (Phi) is 6.52. The average molecular weight is 196 g/mol. The predicted molar refractivity (Wildman–Crippen MR) is 64.8 cm³/mol. The maximum absolute atomic E-state index is 2.31. The molecule has 0 N–H and O–H groups in total. The summed E-state index contributed by atoms with van der Waals surface area (Å²) in [6, 6.07) is 0. The molecular formula is C13H26N+. The topological polar surface area (TPSA) is 3.01 Å². The SMILES string of the molecule is CC(C)C=[N+](/C=C\C(C)C)CC(C)C. The van der Waals surface area contributed by atoms with Gasteiger partial charge in [-0.2, -0.15) is 0 Å². The lowest BCUT2D eigenvalue weighted by Gasteiger charge is -2.03. The summed E-state index contributed by atoms with van der Waals surface area (Å²) in [6.45, 7) is 14.5. The maximum atomic E-state index is 2.31. The number of allylic oxidation sites excluding steroid dienone is 1. The Hall–Kier alpha value is -0.590. The third-order valence-electron chi connectivity index (χ3n) is 1.73. The monoisotopic (exact) mass is 196 g/mol. The van der Waals surface area contributed by atoms with Crippen LogP contribution in [0.4, 0.5) is 0 Å². The van der Waals surface area contributed by atoms with Gasteiger partial charge in [0.25, 0.3) is 0 Å². The second kappa shape index (κ2) is 6.80. The predicted octanol–water partition coefficient (Wildman–Crippen LogP) is 3.55. The molecule has 0 saturated heterocycles. The van der Waals surface area contributed by atoms with E-state index in [4.69, 9.17) is 0 Å². The van der Waals surface area contributed by atoms with E-state index in [0.29, 0.717) is 17.8 Å². The summed E-state index contributed by atoms with van der Waals surface area (Å²) >= 11 is 0. The molecule has 0 aliphatic rings. The zero-order valence-electron chi connectivity index (χ0n) is 10.6. The van der Waals surface area contributed by atoms with Crippen molar-refractivity contribution < 1.29 is 4.58 Å². The van der Waals surface area contributed by atoms with Crippen LogP contribution in [0.5, 0.6) is 0 Å². The van der Waals surface area contributed by atoms with E-state index in [-0.39, 0.29) is 0 Å². The summed E-state index contributed by atoms with van der Waals surface area (Å²) in [5.41, 5.74) is 0. The van der Waals surface area contributed by atoms with E-state index < -0.39 is 0 Å². The molecule has 0 unspecified atom stereocenters. The Morgan fingerprint density at radius 1 is 0.929 bits per heavy atom. The zero-order valence-corrected chi connectivity index (χ0v) is 10.6. The van der Waals surface area contributed by atoms with Crippen LogP contribution in [-0.4, -0.2) is 17.3 Å². The van der Waals surface area contributed by atoms with Gasteiger partial charge in [-0.15, -0.1) is 0 Å². The van der Waals surface area contributed by atoms with Crippen LogP contribution in [0, 0.1) is 17.8 Å². The third kappa shape index (κ3) is 8.03. The van der Waals surface area contributed by atoms with Crippen LogP contribution >= 0.6 is 0 Å². The fraction of sp³-hybridized carbons (Fsp3) is 0.769. The largest absolute Gasteiger partial charge is 0.209 e. The minimum absolute atomic E-state index is 0.616. The molecule has 0 aliphatic heterocycles. The summed E-state index contributed by atoms with van der Waals surface area (Å²) < 4.78 is 2.31. The quantitative estimate of drug-likeness (QED) is 0.467. The summed E-state index contributed by atoms with van der Waals surface area (Å²) in [4.78, 5) is 0. The van der Waals surface area contributed by atoms with Crippen LogP contribution in [0.25, 0.3) is 0 Å². The Morgan fingerprint density at radius 3 is 1.86 bits per heavy atom. The lowest BCUT2D eigenvalue weighted by Crippen LogP contribution is -2.15. The molecule has 0 fully saturated rings. The molecule has 0 rings (SSSR count). The van der Waals surface area contributed by atoms with Crippen molar-refractivity contribution in [1.82, 2.24) is 0 Å². The Balaban J connectivity index is 4.40. The first-order valence-corrected chi connectivity index (χ1v) is 5.70. The molecule has 1 nitrogen and oxygen atoms in total. The van der Waals surface area contributed by atoms with Crippen molar-refractivity contribution in [2.75, 3.05) is 6.54 Å². The van der Waals surface area contributed by atoms with Crippen LogP contribution in [0.15, 0.2) is 12.3 Å². The van der Waals surface area contributed by atoms with Gasteiger partial charge in [0, 0.05) is 11.8 Å². The molecule has 0 aromatic heterocycles. The van der Waals surface area contributed by atoms with Crippen molar-refractivity contribution in [3.8, 4) is 0 Å². The third-order valence-corrected chi connectivity index (χ3v) is 1.73. The van der Waals surface area contributed by atoms with Crippen LogP contribution < -0.4 is 0 Å². The van der Waals surface area contributed by atoms with Gasteiger partial charge in [0.2, 0.25) is 0 Å². The number of hydrogen-bond donors (Lipinski definition) is 0. The summed E-state index contributed by atoms with van der Waals surface area (Å²) in [7, 11) is 0. The summed E-state index contributed by atoms with van der Waals surface area (Å²) in [6.07, 6.45) is 6.75. The average Bonchev–Trinajstić information content (AvgIpc) is 1.97. The molecule has 0 amide bonds. The smallest absolute Gasteiger partial charge is 0.164 e. The van der Waals surface area contributed by atoms with Crippen molar-refractivity contribution in [2.45, 2.75) is 41.5 Å². The van der Waals surface area contributed by atoms with E-state index in [1.165, 1.54) is 0 Å². The molecule has 0 heterocycles. The molecule has 14 heavy (non-hydrogen) atoms. The molecule has 0 atom stereocenters. The van der Waals surface area contributed by atoms with Crippen molar-refractivity contribution in [2.24, 2.45) is 17.8 Å². The standard InChI is InChI=1S/C13H26N/c1-11(2)7-8-14(9-12(3)4)10-13(5)6/h7-9,11-13H,10H2,1-6H3/q+1/b8-7-,14-9?. The van der Waals surface area contributed by atoms with Gasteiger partial charge >= 0.3 is 0 Å². The van der Waals surface area contributed by atoms with Gasteiger partial charge in [0.15, 0.2) is 6.20 Å². The van der Waals surface area contributed by atoms with Crippen molar-refractivity contribution in [1.29, 1.82) is 0 Å². The molecule has 0 saturated carbocycles. The number of rotatable bonds is 5. The molecule has 0 aromatic rings. The van der Waals surface area contributed by atoms with Gasteiger partial charge in [0.05, 0.1) is 0 Å². The Bertz CT molecular complexity index is 197. The molecule has 0 radical (unpaired) electrons. The van der Waals surface area contributed by atoms with E-state index in [1.807, 2.05) is 0 Å². The van der Waals surface area contributed by atoms with E-state index in [0.717, 1.165) is 6.54 Å². The van der Waals surface area contributed by atoms with Crippen LogP contribution in [0.2, 0.25) is 0 Å². The highest BCUT2D eigenvalue weighted by atomic mass is 15.0. The first kappa shape index (κ1) is 13.4. The van der Waals surface area contributed by atoms with Crippen LogP contribution in [-0.2, 0) is 0 Å². The van der Waals surface area contributed by atoms with E-state index in [9.17, 15) is 0 Å². The van der Waals surface area contributed by atoms with Gasteiger partial charge in [-0.25, -0.2) is 4.58 Å². The normalized spacial score (nSPS) is 13.9. The van der Waals surface area contributed by atoms with Crippen molar-refractivity contribution in [3.05, 3.63) is 12.3 Å². The zero-order chi connectivity index (χ0) is 11.1. The van der Waals surface area contributed by atoms with E-state index in [1.54, 1.807) is 0 Å². The van der Waals surface area contributed by atoms with E-state index >= 15 is 0 Å². The van der Waals surface area contributed by atoms with Crippen molar-refractivity contribution in [3.63, 3.8) is 0 Å². The Morgan fingerprint density at radius 2 is 1.50 bits per heavy atom.